The number of likely N-dealkylation sites (tertiary alicyclic amines) is 1. The fraction of sp³-hybridized carbons (Fsp3) is 0.545. The highest BCUT2D eigenvalue weighted by molar-refractivity contribution is 5.84. The van der Waals surface area contributed by atoms with Crippen LogP contribution in [0.15, 0.2) is 36.5 Å². The summed E-state index contributed by atoms with van der Waals surface area (Å²) in [5, 5.41) is 22.2. The summed E-state index contributed by atoms with van der Waals surface area (Å²) in [6, 6.07) is 10.0. The highest BCUT2D eigenvalue weighted by atomic mass is 19.4. The Hall–Kier alpha value is -4.11. The molecule has 3 atom stereocenters. The van der Waals surface area contributed by atoms with E-state index in [4.69, 9.17) is 34.3 Å². The molecular weight excluding hydrogens is 640 g/mol. The van der Waals surface area contributed by atoms with Gasteiger partial charge in [0.2, 0.25) is 0 Å². The largest absolute Gasteiger partial charge is 0.496 e. The molecule has 15 heteroatoms. The summed E-state index contributed by atoms with van der Waals surface area (Å²) < 4.78 is 67.1. The summed E-state index contributed by atoms with van der Waals surface area (Å²) in [6.45, 7) is 4.00. The number of ether oxygens (including phenoxy) is 3. The van der Waals surface area contributed by atoms with Crippen LogP contribution < -0.4 is 9.47 Å². The maximum atomic E-state index is 15.3. The van der Waals surface area contributed by atoms with E-state index in [-0.39, 0.29) is 24.4 Å². The van der Waals surface area contributed by atoms with Crippen molar-refractivity contribution >= 4 is 23.0 Å². The Morgan fingerprint density at radius 1 is 1.10 bits per heavy atom. The second kappa shape index (κ2) is 13.1. The fourth-order valence-electron chi connectivity index (χ4n) is 6.74. The molecule has 7 rings (SSSR count). The van der Waals surface area contributed by atoms with Gasteiger partial charge in [-0.2, -0.15) is 18.3 Å². The van der Waals surface area contributed by atoms with Gasteiger partial charge < -0.3 is 29.3 Å². The van der Waals surface area contributed by atoms with Gasteiger partial charge in [-0.25, -0.2) is 18.7 Å². The van der Waals surface area contributed by atoms with Crippen molar-refractivity contribution in [3.63, 3.8) is 0 Å². The number of carboxylic acids is 1. The van der Waals surface area contributed by atoms with Crippen molar-refractivity contribution in [2.45, 2.75) is 81.7 Å². The molecule has 1 aromatic heterocycles. The van der Waals surface area contributed by atoms with Crippen LogP contribution in [0.5, 0.6) is 11.5 Å². The number of methoxy groups -OCH3 is 1. The van der Waals surface area contributed by atoms with Crippen LogP contribution in [0, 0.1) is 0 Å². The monoisotopic (exact) mass is 678 g/mol. The first-order valence-electron chi connectivity index (χ1n) is 16.0. The number of carbonyl (C=O) groups is 2. The molecule has 1 unspecified atom stereocenters. The van der Waals surface area contributed by atoms with Crippen molar-refractivity contribution in [1.82, 2.24) is 19.6 Å². The number of fused-ring (bicyclic) bond motifs is 3. The maximum Gasteiger partial charge on any atom is 0.490 e. The molecule has 1 amide bonds. The molecule has 3 aromatic rings. The number of benzene rings is 2. The van der Waals surface area contributed by atoms with Crippen molar-refractivity contribution in [1.29, 1.82) is 0 Å². The number of aliphatic carboxylic acids is 1. The van der Waals surface area contributed by atoms with Gasteiger partial charge in [0, 0.05) is 36.2 Å². The first-order chi connectivity index (χ1) is 22.8. The SMILES string of the molecule is COc1cc(OC2CN(C(=O)O)C2)ccc1[C@@H]1c2ccc3c(cnn3C3CCCCO3)c2C[C@@H](C)N1CC1(F)CC1.O=C(O)C(F)(F)F. The summed E-state index contributed by atoms with van der Waals surface area (Å²) in [4.78, 5) is 23.6. The van der Waals surface area contributed by atoms with Gasteiger partial charge >= 0.3 is 18.2 Å². The predicted molar refractivity (Wildman–Crippen MR) is 164 cm³/mol. The van der Waals surface area contributed by atoms with Crippen molar-refractivity contribution in [3.05, 3.63) is 53.2 Å². The van der Waals surface area contributed by atoms with E-state index in [1.807, 2.05) is 29.1 Å². The van der Waals surface area contributed by atoms with Gasteiger partial charge in [0.25, 0.3) is 0 Å². The average Bonchev–Trinajstić information content (AvgIpc) is 3.59. The molecule has 1 saturated carbocycles. The number of rotatable bonds is 7. The minimum Gasteiger partial charge on any atom is -0.496 e. The lowest BCUT2D eigenvalue weighted by Gasteiger charge is -2.43. The van der Waals surface area contributed by atoms with Gasteiger partial charge in [0.15, 0.2) is 6.23 Å². The van der Waals surface area contributed by atoms with E-state index < -0.39 is 23.9 Å². The van der Waals surface area contributed by atoms with Crippen molar-refractivity contribution < 1.29 is 51.6 Å². The van der Waals surface area contributed by atoms with Crippen LogP contribution in [-0.2, 0) is 16.0 Å². The van der Waals surface area contributed by atoms with Crippen LogP contribution in [-0.4, -0.2) is 99.2 Å². The molecule has 3 fully saturated rings. The molecule has 0 spiro atoms. The molecule has 2 N–H and O–H groups in total. The average molecular weight is 679 g/mol. The van der Waals surface area contributed by atoms with Gasteiger partial charge in [-0.15, -0.1) is 0 Å². The number of hydrogen-bond donors (Lipinski definition) is 2. The molecule has 48 heavy (non-hydrogen) atoms. The first-order valence-corrected chi connectivity index (χ1v) is 16.0. The number of hydrogen-bond acceptors (Lipinski definition) is 7. The van der Waals surface area contributed by atoms with Crippen molar-refractivity contribution in [3.8, 4) is 11.5 Å². The van der Waals surface area contributed by atoms with Crippen LogP contribution in [0.1, 0.15) is 68.0 Å². The minimum atomic E-state index is -5.08. The van der Waals surface area contributed by atoms with Crippen LogP contribution >= 0.6 is 0 Å². The zero-order valence-corrected chi connectivity index (χ0v) is 26.6. The van der Waals surface area contributed by atoms with Crippen LogP contribution in [0.2, 0.25) is 0 Å². The molecule has 2 saturated heterocycles. The molecule has 3 aliphatic heterocycles. The van der Waals surface area contributed by atoms with Crippen molar-refractivity contribution in [2.24, 2.45) is 0 Å². The Morgan fingerprint density at radius 3 is 2.42 bits per heavy atom. The molecule has 4 heterocycles. The highest BCUT2D eigenvalue weighted by Crippen LogP contribution is 2.49. The lowest BCUT2D eigenvalue weighted by atomic mass is 9.83. The lowest BCUT2D eigenvalue weighted by molar-refractivity contribution is -0.192. The van der Waals surface area contributed by atoms with E-state index in [0.29, 0.717) is 44.0 Å². The van der Waals surface area contributed by atoms with E-state index in [0.717, 1.165) is 54.3 Å². The molecule has 0 radical (unpaired) electrons. The Labute approximate surface area is 273 Å². The smallest absolute Gasteiger partial charge is 0.490 e. The third-order valence-corrected chi connectivity index (χ3v) is 9.47. The number of amides is 1. The Balaban J connectivity index is 0.000000519. The number of nitrogens with zero attached hydrogens (tertiary/aromatic N) is 4. The zero-order chi connectivity index (χ0) is 34.4. The Morgan fingerprint density at radius 2 is 1.81 bits per heavy atom. The molecule has 11 nitrogen and oxygen atoms in total. The Bertz CT molecular complexity index is 1670. The standard InChI is InChI=1S/C31H37FN4O5.C2HF3O2/c1-19-13-24-22(8-9-26-25(24)15-33-36(26)28-5-3-4-12-40-28)29(35(19)18-31(32)10-11-31)23-7-6-20(14-27(23)39-2)41-21-16-34(17-21)30(37)38;3-2(4,5)1(6)7/h6-9,14-15,19,21,28-29H,3-5,10-13,16-18H2,1-2H3,(H,37,38);(H,6,7)/t19-,28?,29+;/m1./s1. The zero-order valence-electron chi connectivity index (χ0n) is 26.6. The second-order valence-corrected chi connectivity index (χ2v) is 12.9. The third kappa shape index (κ3) is 6.88. The quantitative estimate of drug-likeness (QED) is 0.291. The minimum absolute atomic E-state index is 0.0419. The van der Waals surface area contributed by atoms with Gasteiger partial charge in [0.05, 0.1) is 38.0 Å². The fourth-order valence-corrected chi connectivity index (χ4v) is 6.74. The molecule has 260 valence electrons. The van der Waals surface area contributed by atoms with Gasteiger partial charge in [-0.3, -0.25) is 4.90 Å². The van der Waals surface area contributed by atoms with Gasteiger partial charge in [-0.1, -0.05) is 6.07 Å². The molecule has 1 aliphatic carbocycles. The number of aromatic nitrogens is 2. The second-order valence-electron chi connectivity index (χ2n) is 12.9. The number of alkyl halides is 4. The van der Waals surface area contributed by atoms with E-state index >= 15 is 4.39 Å². The first kappa shape index (κ1) is 33.8. The summed E-state index contributed by atoms with van der Waals surface area (Å²) >= 11 is 0. The number of carboxylic acid groups (broad SMARTS) is 2. The molecule has 4 aliphatic rings. The predicted octanol–water partition coefficient (Wildman–Crippen LogP) is 5.96. The van der Waals surface area contributed by atoms with Crippen LogP contribution in [0.4, 0.5) is 22.4 Å². The highest BCUT2D eigenvalue weighted by Gasteiger charge is 2.48. The summed E-state index contributed by atoms with van der Waals surface area (Å²) in [6.07, 6.45) is 0.904. The summed E-state index contributed by atoms with van der Waals surface area (Å²) in [5.41, 5.74) is 3.28. The van der Waals surface area contributed by atoms with Crippen LogP contribution in [0.25, 0.3) is 10.9 Å². The van der Waals surface area contributed by atoms with E-state index in [1.165, 1.54) is 10.5 Å². The third-order valence-electron chi connectivity index (χ3n) is 9.47. The normalized spacial score (nSPS) is 23.8. The topological polar surface area (TPSA) is 127 Å². The Kier molecular flexibility index (Phi) is 9.20. The molecular formula is C33H38F4N4O7. The number of halogens is 4. The van der Waals surface area contributed by atoms with Crippen LogP contribution in [0.3, 0.4) is 0 Å². The van der Waals surface area contributed by atoms with Gasteiger partial charge in [-0.05, 0) is 74.8 Å². The van der Waals surface area contributed by atoms with E-state index in [2.05, 4.69) is 24.0 Å². The summed E-state index contributed by atoms with van der Waals surface area (Å²) in [5.74, 6) is -1.46. The van der Waals surface area contributed by atoms with Gasteiger partial charge in [0.1, 0.15) is 23.3 Å². The molecule has 0 bridgehead atoms. The summed E-state index contributed by atoms with van der Waals surface area (Å²) in [7, 11) is 1.64. The lowest BCUT2D eigenvalue weighted by Crippen LogP contribution is -2.55. The maximum absolute atomic E-state index is 15.3. The van der Waals surface area contributed by atoms with E-state index in [9.17, 15) is 18.0 Å². The van der Waals surface area contributed by atoms with Crippen molar-refractivity contribution in [2.75, 3.05) is 33.4 Å². The van der Waals surface area contributed by atoms with E-state index in [1.54, 1.807) is 7.11 Å². The molecule has 2 aromatic carbocycles.